The molecule has 2 heterocycles. The largest absolute Gasteiger partial charge is 0.375 e. The van der Waals surface area contributed by atoms with Crippen LogP contribution in [-0.2, 0) is 19.6 Å². The smallest absolute Gasteiger partial charge is 0.246 e. The summed E-state index contributed by atoms with van der Waals surface area (Å²) in [7, 11) is -2.11. The van der Waals surface area contributed by atoms with Gasteiger partial charge in [-0.05, 0) is 43.2 Å². The minimum atomic E-state index is -3.61. The molecule has 1 spiro atoms. The van der Waals surface area contributed by atoms with E-state index in [0.29, 0.717) is 18.6 Å². The molecule has 1 N–H and O–H groups in total. The highest BCUT2D eigenvalue weighted by atomic mass is 32.2. The second-order valence-electron chi connectivity index (χ2n) is 7.69. The van der Waals surface area contributed by atoms with Crippen molar-refractivity contribution in [2.75, 3.05) is 26.8 Å². The standard InChI is InChI=1S/C20H25N3O4S/c1-27-14-18(24)22-17-7-8-20(17)9-12-23(13-10-20)28(25,26)16-6-2-4-15-5-3-11-21-19(15)16/h2-6,11,17H,7-10,12-14H2,1H3,(H,22,24). The molecule has 1 saturated carbocycles. The molecule has 4 rings (SSSR count). The van der Waals surface area contributed by atoms with Crippen LogP contribution in [-0.4, -0.2) is 56.5 Å². The lowest BCUT2D eigenvalue weighted by atomic mass is 9.59. The van der Waals surface area contributed by atoms with Crippen molar-refractivity contribution in [3.8, 4) is 0 Å². The Balaban J connectivity index is 1.50. The summed E-state index contributed by atoms with van der Waals surface area (Å²) in [6.07, 6.45) is 5.09. The van der Waals surface area contributed by atoms with Gasteiger partial charge in [-0.25, -0.2) is 8.42 Å². The van der Waals surface area contributed by atoms with E-state index in [1.807, 2.05) is 12.1 Å². The van der Waals surface area contributed by atoms with Gasteiger partial charge < -0.3 is 10.1 Å². The number of para-hydroxylation sites is 1. The second-order valence-corrected chi connectivity index (χ2v) is 9.60. The van der Waals surface area contributed by atoms with Crippen molar-refractivity contribution in [1.29, 1.82) is 0 Å². The highest BCUT2D eigenvalue weighted by Gasteiger charge is 2.50. The molecule has 1 aromatic carbocycles. The predicted molar refractivity (Wildman–Crippen MR) is 105 cm³/mol. The average molecular weight is 404 g/mol. The van der Waals surface area contributed by atoms with E-state index in [-0.39, 0.29) is 28.9 Å². The maximum absolute atomic E-state index is 13.3. The number of aromatic nitrogens is 1. The zero-order valence-corrected chi connectivity index (χ0v) is 16.7. The average Bonchev–Trinajstić information content (AvgIpc) is 2.71. The SMILES string of the molecule is COCC(=O)NC1CCC12CCN(S(=O)(=O)c1cccc3cccnc13)CC2. The Hall–Kier alpha value is -2.03. The molecule has 8 heteroatoms. The third kappa shape index (κ3) is 3.29. The fourth-order valence-electron chi connectivity index (χ4n) is 4.48. The van der Waals surface area contributed by atoms with Crippen molar-refractivity contribution >= 4 is 26.8 Å². The van der Waals surface area contributed by atoms with E-state index in [9.17, 15) is 13.2 Å². The van der Waals surface area contributed by atoms with E-state index in [4.69, 9.17) is 4.74 Å². The first kappa shape index (κ1) is 19.3. The summed E-state index contributed by atoms with van der Waals surface area (Å²) >= 11 is 0. The number of hydrogen-bond acceptors (Lipinski definition) is 5. The fourth-order valence-corrected chi connectivity index (χ4v) is 6.09. The molecule has 2 fully saturated rings. The van der Waals surface area contributed by atoms with Gasteiger partial charge in [-0.2, -0.15) is 4.31 Å². The zero-order valence-electron chi connectivity index (χ0n) is 15.9. The van der Waals surface area contributed by atoms with Gasteiger partial charge in [0.05, 0.1) is 5.52 Å². The van der Waals surface area contributed by atoms with Gasteiger partial charge in [0.1, 0.15) is 11.5 Å². The van der Waals surface area contributed by atoms with E-state index in [1.54, 1.807) is 28.7 Å². The first-order valence-electron chi connectivity index (χ1n) is 9.58. The molecule has 7 nitrogen and oxygen atoms in total. The molecule has 150 valence electrons. The predicted octanol–water partition coefficient (Wildman–Crippen LogP) is 1.93. The van der Waals surface area contributed by atoms with Crippen LogP contribution in [0.4, 0.5) is 0 Å². The number of fused-ring (bicyclic) bond motifs is 1. The molecule has 1 saturated heterocycles. The summed E-state index contributed by atoms with van der Waals surface area (Å²) in [5, 5.41) is 3.86. The number of nitrogens with zero attached hydrogens (tertiary/aromatic N) is 2. The number of carbonyl (C=O) groups is 1. The first-order valence-corrected chi connectivity index (χ1v) is 11.0. The molecule has 0 radical (unpaired) electrons. The molecule has 1 aromatic heterocycles. The van der Waals surface area contributed by atoms with E-state index in [0.717, 1.165) is 31.1 Å². The van der Waals surface area contributed by atoms with Crippen molar-refractivity contribution < 1.29 is 17.9 Å². The van der Waals surface area contributed by atoms with E-state index >= 15 is 0 Å². The Morgan fingerprint density at radius 3 is 2.68 bits per heavy atom. The minimum Gasteiger partial charge on any atom is -0.375 e. The van der Waals surface area contributed by atoms with Gasteiger partial charge >= 0.3 is 0 Å². The van der Waals surface area contributed by atoms with Gasteiger partial charge in [0.15, 0.2) is 0 Å². The number of ether oxygens (including phenoxy) is 1. The summed E-state index contributed by atoms with van der Waals surface area (Å²) in [5.74, 6) is -0.108. The Kier molecular flexibility index (Phi) is 5.11. The lowest BCUT2D eigenvalue weighted by molar-refractivity contribution is -0.128. The topological polar surface area (TPSA) is 88.6 Å². The van der Waals surface area contributed by atoms with Gasteiger partial charge in [0.25, 0.3) is 0 Å². The third-order valence-electron chi connectivity index (χ3n) is 6.21. The van der Waals surface area contributed by atoms with E-state index in [2.05, 4.69) is 10.3 Å². The summed E-state index contributed by atoms with van der Waals surface area (Å²) < 4.78 is 33.0. The first-order chi connectivity index (χ1) is 13.5. The monoisotopic (exact) mass is 403 g/mol. The molecule has 1 atom stereocenters. The minimum absolute atomic E-state index is 0.00638. The van der Waals surface area contributed by atoms with Crippen molar-refractivity contribution in [2.45, 2.75) is 36.6 Å². The summed E-state index contributed by atoms with van der Waals surface area (Å²) in [5.41, 5.74) is 0.519. The van der Waals surface area contributed by atoms with Gasteiger partial charge in [-0.1, -0.05) is 18.2 Å². The summed E-state index contributed by atoms with van der Waals surface area (Å²) in [6.45, 7) is 0.978. The normalized spacial score (nSPS) is 22.1. The molecular formula is C20H25N3O4S. The van der Waals surface area contributed by atoms with Crippen LogP contribution in [0.3, 0.4) is 0 Å². The molecule has 1 aliphatic carbocycles. The number of benzene rings is 1. The van der Waals surface area contributed by atoms with Crippen molar-refractivity contribution in [1.82, 2.24) is 14.6 Å². The van der Waals surface area contributed by atoms with Crippen LogP contribution in [0.1, 0.15) is 25.7 Å². The molecule has 2 aliphatic rings. The molecular weight excluding hydrogens is 378 g/mol. The van der Waals surface area contributed by atoms with Crippen LogP contribution in [0.2, 0.25) is 0 Å². The molecule has 2 aromatic rings. The van der Waals surface area contributed by atoms with Gasteiger partial charge in [0, 0.05) is 37.8 Å². The van der Waals surface area contributed by atoms with Gasteiger partial charge in [-0.3, -0.25) is 9.78 Å². The van der Waals surface area contributed by atoms with Gasteiger partial charge in [-0.15, -0.1) is 0 Å². The fraction of sp³-hybridized carbons (Fsp3) is 0.500. The van der Waals surface area contributed by atoms with E-state index in [1.165, 1.54) is 7.11 Å². The molecule has 1 unspecified atom stereocenters. The number of hydrogen-bond donors (Lipinski definition) is 1. The maximum atomic E-state index is 13.3. The Morgan fingerprint density at radius 2 is 2.00 bits per heavy atom. The zero-order chi connectivity index (χ0) is 19.8. The highest BCUT2D eigenvalue weighted by Crippen LogP contribution is 2.49. The lowest BCUT2D eigenvalue weighted by Crippen LogP contribution is -2.60. The second kappa shape index (κ2) is 7.42. The number of pyridine rings is 1. The highest BCUT2D eigenvalue weighted by molar-refractivity contribution is 7.89. The Bertz CT molecular complexity index is 979. The third-order valence-corrected chi connectivity index (χ3v) is 8.14. The number of piperidine rings is 1. The molecule has 0 bridgehead atoms. The van der Waals surface area contributed by atoms with Crippen LogP contribution in [0.25, 0.3) is 10.9 Å². The number of amides is 1. The number of nitrogens with one attached hydrogen (secondary N) is 1. The van der Waals surface area contributed by atoms with Crippen molar-refractivity contribution in [2.24, 2.45) is 5.41 Å². The van der Waals surface area contributed by atoms with Crippen LogP contribution in [0.15, 0.2) is 41.4 Å². The van der Waals surface area contributed by atoms with Crippen LogP contribution in [0, 0.1) is 5.41 Å². The molecule has 1 aliphatic heterocycles. The number of rotatable bonds is 5. The molecule has 28 heavy (non-hydrogen) atoms. The van der Waals surface area contributed by atoms with Crippen LogP contribution >= 0.6 is 0 Å². The summed E-state index contributed by atoms with van der Waals surface area (Å²) in [4.78, 5) is 16.4. The molecule has 1 amide bonds. The Morgan fingerprint density at radius 1 is 1.25 bits per heavy atom. The number of sulfonamides is 1. The van der Waals surface area contributed by atoms with Crippen molar-refractivity contribution in [3.63, 3.8) is 0 Å². The van der Waals surface area contributed by atoms with Crippen LogP contribution in [0.5, 0.6) is 0 Å². The maximum Gasteiger partial charge on any atom is 0.246 e. The van der Waals surface area contributed by atoms with Crippen LogP contribution < -0.4 is 5.32 Å². The quantitative estimate of drug-likeness (QED) is 0.824. The summed E-state index contributed by atoms with van der Waals surface area (Å²) in [6, 6.07) is 9.04. The van der Waals surface area contributed by atoms with Gasteiger partial charge in [0.2, 0.25) is 15.9 Å². The Labute approximate surface area is 165 Å². The number of carbonyl (C=O) groups excluding carboxylic acids is 1. The number of methoxy groups -OCH3 is 1. The van der Waals surface area contributed by atoms with Crippen molar-refractivity contribution in [3.05, 3.63) is 36.5 Å². The lowest BCUT2D eigenvalue weighted by Gasteiger charge is -2.53. The van der Waals surface area contributed by atoms with E-state index < -0.39 is 10.0 Å².